The lowest BCUT2D eigenvalue weighted by atomic mass is 9.73. The van der Waals surface area contributed by atoms with Crippen molar-refractivity contribution in [1.82, 2.24) is 54.4 Å². The number of carbonyl (C=O) groups is 5. The van der Waals surface area contributed by atoms with Crippen molar-refractivity contribution >= 4 is 86.0 Å². The van der Waals surface area contributed by atoms with Gasteiger partial charge < -0.3 is 54.6 Å². The highest BCUT2D eigenvalue weighted by atomic mass is 19.3. The lowest BCUT2D eigenvalue weighted by Crippen LogP contribution is -2.60. The summed E-state index contributed by atoms with van der Waals surface area (Å²) in [6.07, 6.45) is 13.6. The van der Waals surface area contributed by atoms with Gasteiger partial charge in [-0.1, -0.05) is 36.8 Å². The molecule has 3 aliphatic carbocycles. The summed E-state index contributed by atoms with van der Waals surface area (Å²) >= 11 is 0. The van der Waals surface area contributed by atoms with Gasteiger partial charge in [-0.15, -0.1) is 0 Å². The van der Waals surface area contributed by atoms with E-state index in [1.165, 1.54) is 6.07 Å². The predicted octanol–water partition coefficient (Wildman–Crippen LogP) is 14.1. The molecule has 2 spiro atoms. The third kappa shape index (κ3) is 12.7. The minimum absolute atomic E-state index is 0.00154. The molecule has 8 aromatic rings. The summed E-state index contributed by atoms with van der Waals surface area (Å²) in [5, 5.41) is 12.6. The first-order chi connectivity index (χ1) is 53.4. The van der Waals surface area contributed by atoms with Crippen LogP contribution in [0.2, 0.25) is 0 Å². The Morgan fingerprint density at radius 1 is 0.622 bits per heavy atom. The van der Waals surface area contributed by atoms with Crippen molar-refractivity contribution in [3.8, 4) is 22.5 Å². The summed E-state index contributed by atoms with van der Waals surface area (Å²) in [5.41, 5.74) is 8.75. The average Bonchev–Trinajstić information content (AvgIpc) is 1.57. The third-order valence-corrected chi connectivity index (χ3v) is 26.7. The minimum Gasteiger partial charge on any atom is -0.381 e. The van der Waals surface area contributed by atoms with E-state index in [2.05, 4.69) is 96.5 Å². The van der Waals surface area contributed by atoms with E-state index in [0.717, 1.165) is 123 Å². The van der Waals surface area contributed by atoms with Crippen LogP contribution in [0, 0.1) is 19.7 Å². The van der Waals surface area contributed by atoms with E-state index in [1.54, 1.807) is 45.3 Å². The van der Waals surface area contributed by atoms with Crippen LogP contribution < -0.4 is 31.1 Å². The minimum atomic E-state index is -2.67. The molecule has 7 aliphatic heterocycles. The maximum atomic E-state index is 16.7. The van der Waals surface area contributed by atoms with Crippen LogP contribution in [0.4, 0.5) is 47.6 Å². The van der Waals surface area contributed by atoms with Crippen molar-refractivity contribution in [2.45, 2.75) is 241 Å². The van der Waals surface area contributed by atoms with Gasteiger partial charge in [0.05, 0.1) is 63.8 Å². The second-order valence-electron chi connectivity index (χ2n) is 34.3. The van der Waals surface area contributed by atoms with Crippen molar-refractivity contribution in [1.29, 1.82) is 0 Å². The molecular formula is C86H100F3N15O7. The highest BCUT2D eigenvalue weighted by Crippen LogP contribution is 2.55. The molecule has 4 atom stereocenters. The highest BCUT2D eigenvalue weighted by molar-refractivity contribution is 6.11. The molecule has 4 unspecified atom stereocenters. The molecule has 10 aliphatic rings. The number of hydrogen-bond acceptors (Lipinski definition) is 15. The van der Waals surface area contributed by atoms with Gasteiger partial charge in [0.25, 0.3) is 18.2 Å². The van der Waals surface area contributed by atoms with Crippen LogP contribution in [0.15, 0.2) is 91.5 Å². The summed E-state index contributed by atoms with van der Waals surface area (Å²) in [4.78, 5) is 103. The molecule has 8 fully saturated rings. The topological polar surface area (TPSA) is 230 Å². The quantitative estimate of drug-likeness (QED) is 0.0590. The number of likely N-dealkylation sites (tertiary alicyclic amines) is 3. The first-order valence-electron chi connectivity index (χ1n) is 40.5. The normalized spacial score (nSPS) is 24.8. The molecule has 5 amide bonds. The van der Waals surface area contributed by atoms with Crippen molar-refractivity contribution in [3.63, 3.8) is 0 Å². The number of halogens is 3. The number of ether oxygens (including phenoxy) is 2. The van der Waals surface area contributed by atoms with E-state index >= 15 is 14.0 Å². The highest BCUT2D eigenvalue weighted by Gasteiger charge is 2.59. The van der Waals surface area contributed by atoms with E-state index < -0.39 is 34.5 Å². The molecule has 4 aromatic carbocycles. The van der Waals surface area contributed by atoms with E-state index in [1.807, 2.05) is 53.9 Å². The summed E-state index contributed by atoms with van der Waals surface area (Å²) in [5.74, 6) is -0.307. The van der Waals surface area contributed by atoms with Gasteiger partial charge in [0.2, 0.25) is 17.7 Å². The van der Waals surface area contributed by atoms with Crippen LogP contribution in [0.1, 0.15) is 199 Å². The molecule has 0 radical (unpaired) electrons. The number of aryl methyl sites for hydroxylation is 2. The molecule has 4 N–H and O–H groups in total. The number of alkyl halides is 2. The second-order valence-corrected chi connectivity index (χ2v) is 34.3. The number of benzene rings is 4. The molecule has 5 saturated heterocycles. The Labute approximate surface area is 645 Å². The fraction of sp³-hybridized carbons (Fsp3) is 0.523. The Bertz CT molecular complexity index is 5050. The fourth-order valence-corrected chi connectivity index (χ4v) is 20.1. The Kier molecular flexibility index (Phi) is 18.5. The van der Waals surface area contributed by atoms with Crippen LogP contribution in [0.3, 0.4) is 0 Å². The van der Waals surface area contributed by atoms with E-state index in [-0.39, 0.29) is 96.7 Å². The maximum absolute atomic E-state index is 16.7. The van der Waals surface area contributed by atoms with Gasteiger partial charge in [-0.2, -0.15) is 0 Å². The van der Waals surface area contributed by atoms with Gasteiger partial charge in [0, 0.05) is 134 Å². The van der Waals surface area contributed by atoms with Gasteiger partial charge in [0.15, 0.2) is 11.6 Å². The molecule has 4 aromatic heterocycles. The van der Waals surface area contributed by atoms with Gasteiger partial charge in [0.1, 0.15) is 22.4 Å². The van der Waals surface area contributed by atoms with Gasteiger partial charge in [-0.25, -0.2) is 33.1 Å². The number of nitrogens with one attached hydrogen (secondary N) is 4. The van der Waals surface area contributed by atoms with Crippen molar-refractivity contribution in [3.05, 3.63) is 131 Å². The number of pyridine rings is 2. The smallest absolute Gasteiger partial charge is 0.261 e. The molecule has 25 heteroatoms. The zero-order chi connectivity index (χ0) is 76.8. The van der Waals surface area contributed by atoms with Crippen LogP contribution in [-0.2, 0) is 34.7 Å². The molecule has 111 heavy (non-hydrogen) atoms. The summed E-state index contributed by atoms with van der Waals surface area (Å²) in [7, 11) is 0. The molecule has 3 saturated carbocycles. The Morgan fingerprint density at radius 2 is 1.21 bits per heavy atom. The molecule has 582 valence electrons. The molecule has 11 heterocycles. The number of hydrogen-bond donors (Lipinski definition) is 4. The molecular weight excluding hydrogens is 1410 g/mol. The Hall–Kier alpha value is -9.30. The van der Waals surface area contributed by atoms with Crippen molar-refractivity contribution in [2.24, 2.45) is 0 Å². The number of amides is 5. The summed E-state index contributed by atoms with van der Waals surface area (Å²) in [6.45, 7) is 20.0. The largest absolute Gasteiger partial charge is 0.381 e. The molecule has 2 bridgehead atoms. The van der Waals surface area contributed by atoms with Crippen molar-refractivity contribution < 1.29 is 46.6 Å². The number of fused-ring (bicyclic) bond motifs is 8. The number of rotatable bonds is 19. The summed E-state index contributed by atoms with van der Waals surface area (Å²) in [6, 6.07) is 25.3. The van der Waals surface area contributed by atoms with Crippen LogP contribution >= 0.6 is 0 Å². The Balaban J connectivity index is 0.637. The standard InChI is InChI=1S/C86H100F3N15O7/c1-47(2)92-79(106)64-40-70(67(87)31-50(64)6)96-78-76-72(42-69(95-78)54-13-18-65-73(33-54)103(82(108)84(65)22-27-98(28-23-84)52(8)105)59-36-57(37-59)99-43-61-16-17-62(44-99)111-61)91-46-102(76)51(7)32-56-11-9-10-26-100(56)58-38-60(39-58)104-74-34-53(14-19-66(74)85(83(104)109)24-29-110-30-25-85)68-41-71-75(101(45-90-71)48(3)4)77(94-68)93-55-15-12-49(5)63(35-55)80(107)97-86(20-21-86)81(88)89/h12-15,18-19,31,33-35,40-42,45-48,51,56-62,81H,9-11,16-17,20-30,32,36-39,43-44H2,1-8H3,(H,92,106)(H,93,94)(H,95,96)(H,97,107). The van der Waals surface area contributed by atoms with E-state index in [9.17, 15) is 23.2 Å². The lowest BCUT2D eigenvalue weighted by Gasteiger charge is -2.51. The zero-order valence-corrected chi connectivity index (χ0v) is 64.7. The number of anilines is 6. The second kappa shape index (κ2) is 28.1. The first-order valence-corrected chi connectivity index (χ1v) is 40.5. The SMILES string of the molecule is CC(=O)N1CCC2(CC1)C(=O)N(C1CC(N3CC4CCC(C3)O4)C1)c1cc(-c3cc4ncn(C(C)CC5CCCCN5C5CC(N6C(=O)C7(CCOCC7)c7ccc(-c8cc9ncn(C(C)C)c9c(Nc9ccc(C)c(C(=O)NC%10(C(F)F)CC%10)c9)n8)cc76)C5)c4c(Nc4cc(C(=O)NC(C)C)c(C)cc4F)n3)ccc12. The van der Waals surface area contributed by atoms with E-state index in [4.69, 9.17) is 29.4 Å². The average molecular weight is 1510 g/mol. The number of morpholine rings is 1. The van der Waals surface area contributed by atoms with Gasteiger partial charge in [-0.3, -0.25) is 33.8 Å². The van der Waals surface area contributed by atoms with Crippen LogP contribution in [0.5, 0.6) is 0 Å². The van der Waals surface area contributed by atoms with Gasteiger partial charge in [-0.05, 0) is 222 Å². The number of imidazole rings is 2. The van der Waals surface area contributed by atoms with Gasteiger partial charge >= 0.3 is 0 Å². The number of aromatic nitrogens is 6. The molecule has 22 nitrogen and oxygen atoms in total. The zero-order valence-electron chi connectivity index (χ0n) is 64.7. The third-order valence-electron chi connectivity index (χ3n) is 26.7. The maximum Gasteiger partial charge on any atom is 0.261 e. The lowest BCUT2D eigenvalue weighted by molar-refractivity contribution is -0.134. The monoisotopic (exact) mass is 1510 g/mol. The number of carbonyl (C=O) groups excluding carboxylic acids is 5. The number of piperidine rings is 2. The molecule has 18 rings (SSSR count). The predicted molar refractivity (Wildman–Crippen MR) is 420 cm³/mol. The fourth-order valence-electron chi connectivity index (χ4n) is 20.1. The van der Waals surface area contributed by atoms with Crippen molar-refractivity contribution in [2.75, 3.05) is 66.4 Å². The van der Waals surface area contributed by atoms with Crippen LogP contribution in [-0.4, -0.2) is 180 Å². The Morgan fingerprint density at radius 3 is 1.80 bits per heavy atom. The van der Waals surface area contributed by atoms with E-state index in [0.29, 0.717) is 126 Å². The number of nitrogens with zero attached hydrogens (tertiary/aromatic N) is 11. The summed E-state index contributed by atoms with van der Waals surface area (Å²) < 4.78 is 61.3. The van der Waals surface area contributed by atoms with Crippen LogP contribution in [0.25, 0.3) is 44.6 Å². The first kappa shape index (κ1) is 73.2.